The van der Waals surface area contributed by atoms with Crippen molar-refractivity contribution in [2.75, 3.05) is 24.4 Å². The Kier molecular flexibility index (Phi) is 8.79. The third-order valence-corrected chi connectivity index (χ3v) is 9.95. The number of aromatic nitrogens is 5. The SMILES string of the molecule is CCNS(=O)(=O)Nc1nn2cccnc2c1C(=O)N[C@H](C)C1=C2CNCC3=C2C(=C(C#Cc2cnn(C)c2)C(=O)[C@@H]1c1ccccc1)C=CC3. The second-order valence-corrected chi connectivity index (χ2v) is 13.7. The molecule has 1 aromatic carbocycles. The zero-order valence-corrected chi connectivity index (χ0v) is 28.5. The Morgan fingerprint density at radius 3 is 2.74 bits per heavy atom. The predicted octanol–water partition coefficient (Wildman–Crippen LogP) is 2.72. The summed E-state index contributed by atoms with van der Waals surface area (Å²) in [7, 11) is -2.22. The summed E-state index contributed by atoms with van der Waals surface area (Å²) in [5, 5.41) is 15.2. The lowest BCUT2D eigenvalue weighted by atomic mass is 9.78. The number of anilines is 1. The molecule has 4 N–H and O–H groups in total. The highest BCUT2D eigenvalue weighted by Gasteiger charge is 2.40. The van der Waals surface area contributed by atoms with E-state index in [0.29, 0.717) is 30.6 Å². The molecule has 50 heavy (non-hydrogen) atoms. The van der Waals surface area contributed by atoms with Gasteiger partial charge in [0.2, 0.25) is 0 Å². The van der Waals surface area contributed by atoms with Gasteiger partial charge in [0.15, 0.2) is 17.2 Å². The Morgan fingerprint density at radius 2 is 1.98 bits per heavy atom. The first-order chi connectivity index (χ1) is 24.1. The molecule has 0 fully saturated rings. The van der Waals surface area contributed by atoms with Crippen molar-refractivity contribution in [3.8, 4) is 11.8 Å². The minimum absolute atomic E-state index is 0.0511. The van der Waals surface area contributed by atoms with E-state index in [-0.39, 0.29) is 29.4 Å². The first-order valence-corrected chi connectivity index (χ1v) is 17.7. The molecule has 3 aromatic heterocycles. The van der Waals surface area contributed by atoms with Gasteiger partial charge in [-0.2, -0.15) is 18.2 Å². The van der Waals surface area contributed by atoms with Crippen LogP contribution in [0.4, 0.5) is 5.82 Å². The van der Waals surface area contributed by atoms with Gasteiger partial charge in [-0.1, -0.05) is 61.2 Å². The molecule has 0 bridgehead atoms. The number of benzene rings is 1. The number of aryl methyl sites for hydroxylation is 1. The molecule has 254 valence electrons. The van der Waals surface area contributed by atoms with E-state index in [2.05, 4.69) is 53.2 Å². The van der Waals surface area contributed by atoms with E-state index in [4.69, 9.17) is 0 Å². The van der Waals surface area contributed by atoms with Crippen molar-refractivity contribution in [1.29, 1.82) is 0 Å². The van der Waals surface area contributed by atoms with Crippen LogP contribution in [0.15, 0.2) is 107 Å². The van der Waals surface area contributed by atoms with E-state index in [0.717, 1.165) is 33.4 Å². The second kappa shape index (κ2) is 13.4. The lowest BCUT2D eigenvalue weighted by molar-refractivity contribution is -0.115. The molecule has 3 aliphatic rings. The van der Waals surface area contributed by atoms with Gasteiger partial charge in [0.1, 0.15) is 5.56 Å². The molecule has 4 aromatic rings. The number of allylic oxidation sites excluding steroid dienone is 4. The summed E-state index contributed by atoms with van der Waals surface area (Å²) in [5.74, 6) is 4.63. The minimum Gasteiger partial charge on any atom is -0.346 e. The molecular weight excluding hydrogens is 655 g/mol. The number of nitrogens with zero attached hydrogens (tertiary/aromatic N) is 5. The molecule has 0 unspecified atom stereocenters. The molecule has 2 aliphatic carbocycles. The fourth-order valence-corrected chi connectivity index (χ4v) is 7.66. The average Bonchev–Trinajstić information content (AvgIpc) is 3.66. The van der Waals surface area contributed by atoms with Gasteiger partial charge < -0.3 is 10.6 Å². The Hall–Kier alpha value is -5.62. The number of amides is 1. The Morgan fingerprint density at radius 1 is 1.16 bits per heavy atom. The normalized spacial score (nSPS) is 18.1. The first-order valence-electron chi connectivity index (χ1n) is 16.2. The number of carbonyl (C=O) groups is 2. The van der Waals surface area contributed by atoms with Gasteiger partial charge in [-0.15, -0.1) is 5.10 Å². The van der Waals surface area contributed by atoms with Crippen LogP contribution in [0, 0.1) is 11.8 Å². The highest BCUT2D eigenvalue weighted by molar-refractivity contribution is 7.90. The van der Waals surface area contributed by atoms with Crippen LogP contribution in [0.2, 0.25) is 0 Å². The molecule has 0 spiro atoms. The Labute approximate surface area is 289 Å². The van der Waals surface area contributed by atoms with Crippen molar-refractivity contribution in [2.24, 2.45) is 7.05 Å². The van der Waals surface area contributed by atoms with Crippen molar-refractivity contribution in [2.45, 2.75) is 32.2 Å². The van der Waals surface area contributed by atoms with E-state index in [9.17, 15) is 18.0 Å². The van der Waals surface area contributed by atoms with Gasteiger partial charge >= 0.3 is 0 Å². The van der Waals surface area contributed by atoms with Gasteiger partial charge in [0.25, 0.3) is 16.1 Å². The van der Waals surface area contributed by atoms with Crippen LogP contribution >= 0.6 is 0 Å². The quantitative estimate of drug-likeness (QED) is 0.205. The monoisotopic (exact) mass is 689 g/mol. The summed E-state index contributed by atoms with van der Waals surface area (Å²) in [4.78, 5) is 33.6. The zero-order chi connectivity index (χ0) is 35.0. The van der Waals surface area contributed by atoms with Crippen LogP contribution in [-0.4, -0.2) is 70.2 Å². The van der Waals surface area contributed by atoms with Gasteiger partial charge in [-0.3, -0.25) is 19.0 Å². The maximum atomic E-state index is 15.0. The lowest BCUT2D eigenvalue weighted by Gasteiger charge is -2.32. The number of Topliss-reactive ketones (excluding diaryl/α,β-unsaturated/α-hetero) is 1. The number of rotatable bonds is 8. The molecule has 1 amide bonds. The van der Waals surface area contributed by atoms with E-state index in [1.54, 1.807) is 36.3 Å². The van der Waals surface area contributed by atoms with Crippen LogP contribution in [0.5, 0.6) is 0 Å². The fourth-order valence-electron chi connectivity index (χ4n) is 6.81. The van der Waals surface area contributed by atoms with Gasteiger partial charge in [0.05, 0.1) is 23.3 Å². The summed E-state index contributed by atoms with van der Waals surface area (Å²) in [6, 6.07) is 10.4. The number of ketones is 1. The number of hydrogen-bond acceptors (Lipinski definition) is 8. The van der Waals surface area contributed by atoms with E-state index in [1.165, 1.54) is 10.7 Å². The molecule has 0 saturated carbocycles. The summed E-state index contributed by atoms with van der Waals surface area (Å²) in [5.41, 5.74) is 6.47. The third-order valence-electron chi connectivity index (χ3n) is 8.82. The molecular formula is C36H35N9O4S. The molecule has 13 nitrogen and oxygen atoms in total. The molecule has 14 heteroatoms. The summed E-state index contributed by atoms with van der Waals surface area (Å²) >= 11 is 0. The smallest absolute Gasteiger partial charge is 0.300 e. The van der Waals surface area contributed by atoms with Crippen LogP contribution in [0.1, 0.15) is 47.7 Å². The maximum Gasteiger partial charge on any atom is 0.300 e. The van der Waals surface area contributed by atoms with E-state index >= 15 is 0 Å². The number of carbonyl (C=O) groups excluding carboxylic acids is 2. The number of hydrogen-bond donors (Lipinski definition) is 4. The molecule has 7 rings (SSSR count). The van der Waals surface area contributed by atoms with Crippen molar-refractivity contribution in [1.82, 2.24) is 39.7 Å². The topological polar surface area (TPSA) is 164 Å². The highest BCUT2D eigenvalue weighted by Crippen LogP contribution is 2.45. The number of nitrogens with one attached hydrogen (secondary N) is 4. The molecule has 2 atom stereocenters. The number of fused-ring (bicyclic) bond motifs is 1. The van der Waals surface area contributed by atoms with E-state index < -0.39 is 28.1 Å². The molecule has 0 saturated heterocycles. The maximum absolute atomic E-state index is 15.0. The van der Waals surface area contributed by atoms with Crippen LogP contribution in [0.25, 0.3) is 5.65 Å². The first kappa shape index (κ1) is 32.9. The molecule has 0 radical (unpaired) electrons. The minimum atomic E-state index is -4.03. The van der Waals surface area contributed by atoms with Crippen LogP contribution < -0.4 is 20.1 Å². The largest absolute Gasteiger partial charge is 0.346 e. The zero-order valence-electron chi connectivity index (χ0n) is 27.7. The third kappa shape index (κ3) is 6.18. The Bertz CT molecular complexity index is 2340. The summed E-state index contributed by atoms with van der Waals surface area (Å²) < 4.78 is 33.2. The lowest BCUT2D eigenvalue weighted by Crippen LogP contribution is -2.40. The van der Waals surface area contributed by atoms with Crippen molar-refractivity contribution >= 4 is 33.4 Å². The predicted molar refractivity (Wildman–Crippen MR) is 188 cm³/mol. The van der Waals surface area contributed by atoms with Crippen LogP contribution in [0.3, 0.4) is 0 Å². The van der Waals surface area contributed by atoms with Crippen molar-refractivity contribution in [3.05, 3.63) is 123 Å². The Balaban J connectivity index is 1.36. The van der Waals surface area contributed by atoms with Crippen molar-refractivity contribution in [3.63, 3.8) is 0 Å². The standard InChI is InChI=1S/C36H35N9O4S/c1-4-40-50(48,49)43-34-32(35-38-16-9-17-45(35)42-34)36(47)41-22(2)29-28-20-37-19-25-12-8-13-26(30(25)28)27(15-14-23-18-39-44(3)21-23)33(46)31(29)24-10-6-5-7-11-24/h5-11,13,16-18,21-22,31,37,40H,4,12,19-20H2,1-3H3,(H,41,47)(H,42,43)/t22-,31-/m1/s1. The fraction of sp³-hybridized carbons (Fsp3) is 0.250. The average molecular weight is 690 g/mol. The second-order valence-electron chi connectivity index (χ2n) is 12.2. The molecule has 4 heterocycles. The highest BCUT2D eigenvalue weighted by atomic mass is 32.2. The van der Waals surface area contributed by atoms with Crippen LogP contribution in [-0.2, 0) is 22.1 Å². The summed E-state index contributed by atoms with van der Waals surface area (Å²) in [6.45, 7) is 4.74. The summed E-state index contributed by atoms with van der Waals surface area (Å²) in [6.07, 6.45) is 11.3. The van der Waals surface area contributed by atoms with Crippen molar-refractivity contribution < 1.29 is 18.0 Å². The van der Waals surface area contributed by atoms with Gasteiger partial charge in [0, 0.05) is 56.9 Å². The molecule has 1 aliphatic heterocycles. The van der Waals surface area contributed by atoms with Gasteiger partial charge in [-0.05, 0) is 47.3 Å². The van der Waals surface area contributed by atoms with Gasteiger partial charge in [-0.25, -0.2) is 9.50 Å². The van der Waals surface area contributed by atoms with E-state index in [1.807, 2.05) is 50.4 Å².